The van der Waals surface area contributed by atoms with Crippen LogP contribution in [0.25, 0.3) is 0 Å². The molecule has 3 aromatic rings. The third-order valence-electron chi connectivity index (χ3n) is 5.55. The lowest BCUT2D eigenvalue weighted by molar-refractivity contribution is 0.249. The Balaban J connectivity index is 1.42. The van der Waals surface area contributed by atoms with Crippen LogP contribution in [0.2, 0.25) is 0 Å². The molecule has 0 unspecified atom stereocenters. The number of nitrogens with zero attached hydrogens (tertiary/aromatic N) is 4. The van der Waals surface area contributed by atoms with Crippen LogP contribution in [0.15, 0.2) is 54.6 Å². The molecular weight excluding hydrogens is 358 g/mol. The third kappa shape index (κ3) is 4.93. The van der Waals surface area contributed by atoms with Gasteiger partial charge in [-0.2, -0.15) is 0 Å². The Labute approximate surface area is 173 Å². The van der Waals surface area contributed by atoms with E-state index in [1.54, 1.807) is 0 Å². The van der Waals surface area contributed by atoms with Crippen LogP contribution in [0.5, 0.6) is 0 Å². The number of aromatic nitrogens is 2. The fourth-order valence-electron chi connectivity index (χ4n) is 3.72. The Kier molecular flexibility index (Phi) is 5.76. The zero-order chi connectivity index (χ0) is 20.2. The largest absolute Gasteiger partial charge is 0.354 e. The molecule has 1 saturated heterocycles. The van der Waals surface area contributed by atoms with E-state index >= 15 is 0 Å². The Morgan fingerprint density at radius 3 is 2.31 bits per heavy atom. The monoisotopic (exact) mass is 387 g/mol. The number of nitrogens with one attached hydrogen (secondary N) is 1. The van der Waals surface area contributed by atoms with Crippen molar-refractivity contribution in [2.24, 2.45) is 0 Å². The number of hydrogen-bond donors (Lipinski definition) is 1. The second-order valence-corrected chi connectivity index (χ2v) is 7.83. The highest BCUT2D eigenvalue weighted by atomic mass is 15.3. The molecule has 5 heteroatoms. The van der Waals surface area contributed by atoms with Gasteiger partial charge >= 0.3 is 0 Å². The van der Waals surface area contributed by atoms with Crippen LogP contribution in [-0.4, -0.2) is 41.0 Å². The predicted molar refractivity (Wildman–Crippen MR) is 120 cm³/mol. The highest BCUT2D eigenvalue weighted by molar-refractivity contribution is 5.61. The maximum Gasteiger partial charge on any atom is 0.136 e. The smallest absolute Gasteiger partial charge is 0.136 e. The van der Waals surface area contributed by atoms with Crippen LogP contribution >= 0.6 is 0 Å². The third-order valence-corrected chi connectivity index (χ3v) is 5.55. The lowest BCUT2D eigenvalue weighted by Crippen LogP contribution is -2.46. The average molecular weight is 388 g/mol. The molecule has 0 spiro atoms. The minimum absolute atomic E-state index is 0.792. The summed E-state index contributed by atoms with van der Waals surface area (Å²) in [5, 5.41) is 3.45. The summed E-state index contributed by atoms with van der Waals surface area (Å²) in [5.74, 6) is 2.64. The van der Waals surface area contributed by atoms with E-state index in [-0.39, 0.29) is 0 Å². The summed E-state index contributed by atoms with van der Waals surface area (Å²) < 4.78 is 0. The van der Waals surface area contributed by atoms with Gasteiger partial charge in [0.15, 0.2) is 0 Å². The molecule has 0 radical (unpaired) electrons. The molecule has 4 rings (SSSR count). The first-order valence-electron chi connectivity index (χ1n) is 10.3. The second-order valence-electron chi connectivity index (χ2n) is 7.83. The number of aryl methyl sites for hydroxylation is 3. The van der Waals surface area contributed by atoms with Crippen molar-refractivity contribution in [3.05, 3.63) is 77.1 Å². The molecule has 0 aliphatic carbocycles. The van der Waals surface area contributed by atoms with Gasteiger partial charge in [-0.25, -0.2) is 9.97 Å². The molecule has 0 atom stereocenters. The molecule has 150 valence electrons. The van der Waals surface area contributed by atoms with Crippen LogP contribution in [0.3, 0.4) is 0 Å². The van der Waals surface area contributed by atoms with E-state index in [0.29, 0.717) is 0 Å². The Bertz CT molecular complexity index is 962. The second kappa shape index (κ2) is 8.62. The molecule has 0 saturated carbocycles. The van der Waals surface area contributed by atoms with E-state index in [1.807, 2.05) is 6.92 Å². The van der Waals surface area contributed by atoms with Crippen molar-refractivity contribution in [1.82, 2.24) is 14.9 Å². The zero-order valence-electron chi connectivity index (χ0n) is 17.5. The first-order chi connectivity index (χ1) is 14.1. The van der Waals surface area contributed by atoms with Gasteiger partial charge in [-0.05, 0) is 49.6 Å². The highest BCUT2D eigenvalue weighted by Gasteiger charge is 2.19. The highest BCUT2D eigenvalue weighted by Crippen LogP contribution is 2.23. The maximum absolute atomic E-state index is 4.70. The van der Waals surface area contributed by atoms with Gasteiger partial charge in [-0.15, -0.1) is 0 Å². The van der Waals surface area contributed by atoms with E-state index in [2.05, 4.69) is 88.5 Å². The van der Waals surface area contributed by atoms with E-state index in [1.165, 1.54) is 16.7 Å². The first kappa shape index (κ1) is 19.4. The molecule has 5 nitrogen and oxygen atoms in total. The van der Waals surface area contributed by atoms with E-state index < -0.39 is 0 Å². The van der Waals surface area contributed by atoms with E-state index in [9.17, 15) is 0 Å². The van der Waals surface area contributed by atoms with Crippen molar-refractivity contribution < 1.29 is 0 Å². The van der Waals surface area contributed by atoms with Crippen LogP contribution in [-0.2, 0) is 6.54 Å². The standard InChI is InChI=1S/C24H29N5/c1-18-9-10-22(15-19(18)2)27-23-16-24(26-20(3)25-23)29-13-11-28(12-14-29)17-21-7-5-4-6-8-21/h4-10,15-16H,11-14,17H2,1-3H3,(H,25,26,27). The van der Waals surface area contributed by atoms with Crippen LogP contribution in [0, 0.1) is 20.8 Å². The van der Waals surface area contributed by atoms with Gasteiger partial charge in [-0.3, -0.25) is 4.90 Å². The minimum atomic E-state index is 0.792. The number of piperazine rings is 1. The Morgan fingerprint density at radius 1 is 0.828 bits per heavy atom. The van der Waals surface area contributed by atoms with Crippen LogP contribution < -0.4 is 10.2 Å². The van der Waals surface area contributed by atoms with Crippen molar-refractivity contribution >= 4 is 17.3 Å². The zero-order valence-corrected chi connectivity index (χ0v) is 17.5. The minimum Gasteiger partial charge on any atom is -0.354 e. The van der Waals surface area contributed by atoms with Crippen LogP contribution in [0.1, 0.15) is 22.5 Å². The lowest BCUT2D eigenvalue weighted by atomic mass is 10.1. The maximum atomic E-state index is 4.70. The summed E-state index contributed by atoms with van der Waals surface area (Å²) in [4.78, 5) is 14.2. The summed E-state index contributed by atoms with van der Waals surface area (Å²) in [7, 11) is 0. The van der Waals surface area contributed by atoms with E-state index in [0.717, 1.165) is 55.9 Å². The van der Waals surface area contributed by atoms with Crippen molar-refractivity contribution in [3.8, 4) is 0 Å². The molecular formula is C24H29N5. The summed E-state index contributed by atoms with van der Waals surface area (Å²) in [5.41, 5.74) is 5.00. The van der Waals surface area contributed by atoms with Gasteiger partial charge in [0.05, 0.1) is 0 Å². The number of hydrogen-bond acceptors (Lipinski definition) is 5. The molecule has 1 N–H and O–H groups in total. The van der Waals surface area contributed by atoms with Crippen molar-refractivity contribution in [1.29, 1.82) is 0 Å². The van der Waals surface area contributed by atoms with Crippen LogP contribution in [0.4, 0.5) is 17.3 Å². The number of anilines is 3. The summed E-state index contributed by atoms with van der Waals surface area (Å²) in [6.45, 7) is 11.3. The number of rotatable bonds is 5. The molecule has 1 aliphatic rings. The van der Waals surface area contributed by atoms with Crippen molar-refractivity contribution in [2.45, 2.75) is 27.3 Å². The molecule has 1 aliphatic heterocycles. The topological polar surface area (TPSA) is 44.3 Å². The van der Waals surface area contributed by atoms with E-state index in [4.69, 9.17) is 4.98 Å². The molecule has 1 fully saturated rings. The molecule has 2 heterocycles. The fourth-order valence-corrected chi connectivity index (χ4v) is 3.72. The molecule has 29 heavy (non-hydrogen) atoms. The number of benzene rings is 2. The van der Waals surface area contributed by atoms with Gasteiger partial charge < -0.3 is 10.2 Å². The molecule has 2 aromatic carbocycles. The van der Waals surface area contributed by atoms with Crippen molar-refractivity contribution in [3.63, 3.8) is 0 Å². The van der Waals surface area contributed by atoms with Gasteiger partial charge in [-0.1, -0.05) is 36.4 Å². The molecule has 1 aromatic heterocycles. The summed E-state index contributed by atoms with van der Waals surface area (Å²) in [6.07, 6.45) is 0. The average Bonchev–Trinajstić information content (AvgIpc) is 2.72. The SMILES string of the molecule is Cc1nc(Nc2ccc(C)c(C)c2)cc(N2CCN(Cc3ccccc3)CC2)n1. The molecule has 0 amide bonds. The summed E-state index contributed by atoms with van der Waals surface area (Å²) >= 11 is 0. The Hall–Kier alpha value is -2.92. The predicted octanol–water partition coefficient (Wildman–Crippen LogP) is 4.47. The first-order valence-corrected chi connectivity index (χ1v) is 10.3. The van der Waals surface area contributed by atoms with Gasteiger partial charge in [0.2, 0.25) is 0 Å². The summed E-state index contributed by atoms with van der Waals surface area (Å²) in [6, 6.07) is 19.2. The molecule has 0 bridgehead atoms. The lowest BCUT2D eigenvalue weighted by Gasteiger charge is -2.35. The van der Waals surface area contributed by atoms with Gasteiger partial charge in [0, 0.05) is 44.5 Å². The Morgan fingerprint density at radius 2 is 1.59 bits per heavy atom. The normalized spacial score (nSPS) is 14.8. The van der Waals surface area contributed by atoms with Crippen molar-refractivity contribution in [2.75, 3.05) is 36.4 Å². The fraction of sp³-hybridized carbons (Fsp3) is 0.333. The van der Waals surface area contributed by atoms with Gasteiger partial charge in [0.1, 0.15) is 17.5 Å². The van der Waals surface area contributed by atoms with Gasteiger partial charge in [0.25, 0.3) is 0 Å². The quantitative estimate of drug-likeness (QED) is 0.700.